The fraction of sp³-hybridized carbons (Fsp3) is 0.538. The third kappa shape index (κ3) is 3.83. The SMILES string of the molecule is CC1OC(c2ccc(OCCOc3ccc(C4OC(C)C4(C)C)cc3)cc2)C1(C)C. The Labute approximate surface area is 180 Å². The van der Waals surface area contributed by atoms with Gasteiger partial charge in [0.25, 0.3) is 0 Å². The van der Waals surface area contributed by atoms with Crippen LogP contribution in [0.4, 0.5) is 0 Å². The van der Waals surface area contributed by atoms with Crippen molar-refractivity contribution >= 4 is 0 Å². The predicted molar refractivity (Wildman–Crippen MR) is 118 cm³/mol. The first kappa shape index (κ1) is 21.2. The molecule has 0 aromatic heterocycles. The Morgan fingerprint density at radius 3 is 1.23 bits per heavy atom. The molecule has 0 aliphatic carbocycles. The second-order valence-electron chi connectivity index (χ2n) is 9.79. The number of rotatable bonds is 7. The molecule has 0 saturated carbocycles. The van der Waals surface area contributed by atoms with Gasteiger partial charge in [-0.25, -0.2) is 0 Å². The van der Waals surface area contributed by atoms with E-state index in [2.05, 4.69) is 65.8 Å². The molecule has 0 amide bonds. The molecule has 2 aromatic rings. The van der Waals surface area contributed by atoms with Gasteiger partial charge in [-0.3, -0.25) is 0 Å². The first-order chi connectivity index (χ1) is 14.2. The largest absolute Gasteiger partial charge is 0.490 e. The van der Waals surface area contributed by atoms with Crippen LogP contribution in [-0.4, -0.2) is 25.4 Å². The van der Waals surface area contributed by atoms with Gasteiger partial charge < -0.3 is 18.9 Å². The van der Waals surface area contributed by atoms with Crippen molar-refractivity contribution < 1.29 is 18.9 Å². The minimum absolute atomic E-state index is 0.159. The number of hydrogen-bond donors (Lipinski definition) is 0. The first-order valence-corrected chi connectivity index (χ1v) is 11.0. The molecule has 162 valence electrons. The molecule has 4 heteroatoms. The minimum Gasteiger partial charge on any atom is -0.490 e. The number of ether oxygens (including phenoxy) is 4. The average Bonchev–Trinajstić information content (AvgIpc) is 2.74. The lowest BCUT2D eigenvalue weighted by Crippen LogP contribution is -2.48. The van der Waals surface area contributed by atoms with Gasteiger partial charge in [0.15, 0.2) is 0 Å². The van der Waals surface area contributed by atoms with Crippen LogP contribution in [0, 0.1) is 10.8 Å². The van der Waals surface area contributed by atoms with Gasteiger partial charge in [0, 0.05) is 10.8 Å². The van der Waals surface area contributed by atoms with Gasteiger partial charge in [0.05, 0.1) is 24.4 Å². The molecule has 30 heavy (non-hydrogen) atoms. The van der Waals surface area contributed by atoms with E-state index in [1.807, 2.05) is 24.3 Å². The average molecular weight is 411 g/mol. The molecule has 2 fully saturated rings. The molecular formula is C26H34O4. The molecule has 0 spiro atoms. The Morgan fingerprint density at radius 2 is 0.967 bits per heavy atom. The summed E-state index contributed by atoms with van der Waals surface area (Å²) in [5.41, 5.74) is 2.75. The van der Waals surface area contributed by atoms with E-state index < -0.39 is 0 Å². The summed E-state index contributed by atoms with van der Waals surface area (Å²) in [6, 6.07) is 16.4. The molecule has 2 aromatic carbocycles. The molecule has 2 aliphatic heterocycles. The van der Waals surface area contributed by atoms with E-state index in [1.54, 1.807) is 0 Å². The highest BCUT2D eigenvalue weighted by molar-refractivity contribution is 5.32. The smallest absolute Gasteiger partial charge is 0.122 e. The Morgan fingerprint density at radius 1 is 0.633 bits per heavy atom. The van der Waals surface area contributed by atoms with Gasteiger partial charge in [0.2, 0.25) is 0 Å². The molecule has 0 bridgehead atoms. The minimum atomic E-state index is 0.159. The van der Waals surface area contributed by atoms with E-state index in [0.29, 0.717) is 25.4 Å². The van der Waals surface area contributed by atoms with Crippen molar-refractivity contribution in [1.29, 1.82) is 0 Å². The van der Waals surface area contributed by atoms with Gasteiger partial charge in [-0.1, -0.05) is 52.0 Å². The van der Waals surface area contributed by atoms with Crippen LogP contribution in [0.2, 0.25) is 0 Å². The summed E-state index contributed by atoms with van der Waals surface area (Å²) >= 11 is 0. The molecule has 4 unspecified atom stereocenters. The molecule has 4 nitrogen and oxygen atoms in total. The van der Waals surface area contributed by atoms with Crippen molar-refractivity contribution in [3.05, 3.63) is 59.7 Å². The quantitative estimate of drug-likeness (QED) is 0.516. The van der Waals surface area contributed by atoms with Crippen LogP contribution in [0.25, 0.3) is 0 Å². The lowest BCUT2D eigenvalue weighted by molar-refractivity contribution is -0.230. The molecular weight excluding hydrogens is 376 g/mol. The maximum atomic E-state index is 5.91. The van der Waals surface area contributed by atoms with E-state index in [9.17, 15) is 0 Å². The maximum Gasteiger partial charge on any atom is 0.122 e. The van der Waals surface area contributed by atoms with Gasteiger partial charge in [0.1, 0.15) is 24.7 Å². The lowest BCUT2D eigenvalue weighted by atomic mass is 9.73. The summed E-state index contributed by atoms with van der Waals surface area (Å²) in [5, 5.41) is 0. The van der Waals surface area contributed by atoms with Crippen LogP contribution < -0.4 is 9.47 Å². The van der Waals surface area contributed by atoms with E-state index in [-0.39, 0.29) is 23.0 Å². The lowest BCUT2D eigenvalue weighted by Gasteiger charge is -2.50. The van der Waals surface area contributed by atoms with Crippen LogP contribution >= 0.6 is 0 Å². The molecule has 2 aliphatic rings. The van der Waals surface area contributed by atoms with Gasteiger partial charge in [-0.2, -0.15) is 0 Å². The van der Waals surface area contributed by atoms with Crippen molar-refractivity contribution in [3.63, 3.8) is 0 Å². The highest BCUT2D eigenvalue weighted by Gasteiger charge is 2.48. The van der Waals surface area contributed by atoms with Crippen LogP contribution in [0.1, 0.15) is 64.9 Å². The number of hydrogen-bond acceptors (Lipinski definition) is 4. The summed E-state index contributed by atoms with van der Waals surface area (Å²) in [7, 11) is 0. The second kappa shape index (κ2) is 7.90. The number of benzene rings is 2. The van der Waals surface area contributed by atoms with Crippen molar-refractivity contribution in [3.8, 4) is 11.5 Å². The van der Waals surface area contributed by atoms with Crippen molar-refractivity contribution in [2.24, 2.45) is 10.8 Å². The Kier molecular flexibility index (Phi) is 5.58. The molecule has 4 atom stereocenters. The van der Waals surface area contributed by atoms with Gasteiger partial charge >= 0.3 is 0 Å². The zero-order chi connectivity index (χ0) is 21.5. The molecule has 0 N–H and O–H groups in total. The van der Waals surface area contributed by atoms with Crippen molar-refractivity contribution in [2.45, 2.75) is 66.0 Å². The second-order valence-corrected chi connectivity index (χ2v) is 9.79. The summed E-state index contributed by atoms with van der Waals surface area (Å²) in [6.07, 6.45) is 0.904. The maximum absolute atomic E-state index is 5.91. The molecule has 4 rings (SSSR count). The van der Waals surface area contributed by atoms with Crippen LogP contribution in [0.3, 0.4) is 0 Å². The third-order valence-electron chi connectivity index (χ3n) is 7.11. The standard InChI is InChI=1S/C26H34O4/c1-17-25(3,4)23(29-17)19-7-11-21(12-8-19)27-15-16-28-22-13-9-20(10-14-22)24-26(5,6)18(2)30-24/h7-14,17-18,23-24H,15-16H2,1-6H3. The normalized spacial score (nSPS) is 28.9. The molecule has 2 heterocycles. The Bertz CT molecular complexity index is 780. The fourth-order valence-corrected chi connectivity index (χ4v) is 4.20. The van der Waals surface area contributed by atoms with E-state index in [4.69, 9.17) is 18.9 Å². The van der Waals surface area contributed by atoms with E-state index in [1.165, 1.54) is 11.1 Å². The van der Waals surface area contributed by atoms with E-state index >= 15 is 0 Å². The zero-order valence-electron chi connectivity index (χ0n) is 19.0. The summed E-state index contributed by atoms with van der Waals surface area (Å²) in [4.78, 5) is 0. The summed E-state index contributed by atoms with van der Waals surface area (Å²) in [6.45, 7) is 14.3. The zero-order valence-corrected chi connectivity index (χ0v) is 19.0. The van der Waals surface area contributed by atoms with Gasteiger partial charge in [-0.15, -0.1) is 0 Å². The van der Waals surface area contributed by atoms with Gasteiger partial charge in [-0.05, 0) is 49.2 Å². The van der Waals surface area contributed by atoms with Crippen LogP contribution in [0.5, 0.6) is 11.5 Å². The van der Waals surface area contributed by atoms with Crippen molar-refractivity contribution in [1.82, 2.24) is 0 Å². The molecule has 0 radical (unpaired) electrons. The summed E-state index contributed by atoms with van der Waals surface area (Å²) < 4.78 is 23.5. The third-order valence-corrected chi connectivity index (χ3v) is 7.11. The molecule has 2 saturated heterocycles. The highest BCUT2D eigenvalue weighted by atomic mass is 16.5. The van der Waals surface area contributed by atoms with Crippen LogP contribution in [0.15, 0.2) is 48.5 Å². The Balaban J connectivity index is 1.22. The first-order valence-electron chi connectivity index (χ1n) is 11.0. The highest BCUT2D eigenvalue weighted by Crippen LogP contribution is 2.51. The predicted octanol–water partition coefficient (Wildman–Crippen LogP) is 6.12. The van der Waals surface area contributed by atoms with Crippen LogP contribution in [-0.2, 0) is 9.47 Å². The van der Waals surface area contributed by atoms with E-state index in [0.717, 1.165) is 11.5 Å². The summed E-state index contributed by atoms with van der Waals surface area (Å²) in [5.74, 6) is 1.70. The topological polar surface area (TPSA) is 36.9 Å². The van der Waals surface area contributed by atoms with Crippen molar-refractivity contribution in [2.75, 3.05) is 13.2 Å². The monoisotopic (exact) mass is 410 g/mol. The Hall–Kier alpha value is -2.04. The fourth-order valence-electron chi connectivity index (χ4n) is 4.20.